The Balaban J connectivity index is 1.67. The number of nitrogens with one attached hydrogen (secondary N) is 3. The van der Waals surface area contributed by atoms with E-state index in [1.807, 2.05) is 0 Å². The molecule has 5 N–H and O–H groups in total. The number of phenolic OH excluding ortho intramolecular Hbond substituents is 2. The number of carbonyl (C=O) groups is 1. The van der Waals surface area contributed by atoms with Crippen molar-refractivity contribution in [2.24, 2.45) is 0 Å². The van der Waals surface area contributed by atoms with Crippen molar-refractivity contribution >= 4 is 22.2 Å². The van der Waals surface area contributed by atoms with Crippen molar-refractivity contribution in [2.45, 2.75) is 39.0 Å². The Kier molecular flexibility index (Phi) is 3.85. The van der Waals surface area contributed by atoms with Gasteiger partial charge in [-0.15, -0.1) is 11.3 Å². The van der Waals surface area contributed by atoms with E-state index in [9.17, 15) is 15.0 Å². The summed E-state index contributed by atoms with van der Waals surface area (Å²) < 4.78 is 0. The molecule has 132 valence electrons. The van der Waals surface area contributed by atoms with Gasteiger partial charge >= 0.3 is 0 Å². The van der Waals surface area contributed by atoms with E-state index in [1.54, 1.807) is 22.3 Å². The number of rotatable bonds is 2. The number of quaternary nitrogens is 1. The van der Waals surface area contributed by atoms with Crippen LogP contribution in [0.5, 0.6) is 11.5 Å². The molecule has 0 bridgehead atoms. The van der Waals surface area contributed by atoms with E-state index in [-0.39, 0.29) is 17.4 Å². The molecule has 0 spiro atoms. The molecule has 2 aliphatic heterocycles. The molecule has 4 rings (SSSR count). The fraction of sp³-hybridized carbons (Fsp3) is 0.389. The van der Waals surface area contributed by atoms with Crippen LogP contribution < -0.4 is 15.5 Å². The first kappa shape index (κ1) is 16.2. The SMILES string of the molecule is CC(C)[NH+]1CCc2c(sc3c2C(=O)N[C@@H](c2ccc(O)cc2O)N3)C1. The van der Waals surface area contributed by atoms with Crippen LogP contribution in [0.15, 0.2) is 18.2 Å². The van der Waals surface area contributed by atoms with Crippen LogP contribution in [-0.4, -0.2) is 28.7 Å². The average molecular weight is 360 g/mol. The average Bonchev–Trinajstić information content (AvgIpc) is 2.92. The summed E-state index contributed by atoms with van der Waals surface area (Å²) in [5.41, 5.74) is 2.47. The Morgan fingerprint density at radius 2 is 2.08 bits per heavy atom. The topological polar surface area (TPSA) is 86.0 Å². The Morgan fingerprint density at radius 1 is 1.28 bits per heavy atom. The van der Waals surface area contributed by atoms with Gasteiger partial charge in [-0.1, -0.05) is 0 Å². The van der Waals surface area contributed by atoms with E-state index in [0.29, 0.717) is 11.6 Å². The first-order valence-electron chi connectivity index (χ1n) is 8.52. The Morgan fingerprint density at radius 3 is 2.80 bits per heavy atom. The van der Waals surface area contributed by atoms with E-state index in [0.717, 1.165) is 30.1 Å². The minimum atomic E-state index is -0.505. The lowest BCUT2D eigenvalue weighted by Crippen LogP contribution is -3.14. The predicted octanol–water partition coefficient (Wildman–Crippen LogP) is 1.36. The summed E-state index contributed by atoms with van der Waals surface area (Å²) >= 11 is 1.65. The Labute approximate surface area is 150 Å². The van der Waals surface area contributed by atoms with Crippen molar-refractivity contribution in [3.63, 3.8) is 0 Å². The van der Waals surface area contributed by atoms with Gasteiger partial charge in [0.1, 0.15) is 29.2 Å². The number of benzene rings is 1. The van der Waals surface area contributed by atoms with Crippen LogP contribution >= 0.6 is 11.3 Å². The van der Waals surface area contributed by atoms with Crippen LogP contribution in [0, 0.1) is 0 Å². The van der Waals surface area contributed by atoms with Crippen molar-refractivity contribution in [1.29, 1.82) is 0 Å². The molecule has 1 unspecified atom stereocenters. The zero-order valence-corrected chi connectivity index (χ0v) is 15.0. The van der Waals surface area contributed by atoms with Crippen LogP contribution in [-0.2, 0) is 13.0 Å². The molecule has 0 radical (unpaired) electrons. The molecule has 7 heteroatoms. The van der Waals surface area contributed by atoms with Gasteiger partial charge in [0.05, 0.1) is 23.0 Å². The number of thiophene rings is 1. The standard InChI is InChI=1S/C18H21N3O3S/c1-9(2)21-6-5-12-14(8-21)25-18-15(12)17(24)19-16(20-18)11-4-3-10(22)7-13(11)23/h3-4,7,9,16,20,22-23H,5-6,8H2,1-2H3,(H,19,24)/p+1/t16-/m1/s1. The smallest absolute Gasteiger partial charge is 0.256 e. The maximum Gasteiger partial charge on any atom is 0.256 e. The van der Waals surface area contributed by atoms with Gasteiger partial charge in [0, 0.05) is 18.1 Å². The highest BCUT2D eigenvalue weighted by Gasteiger charge is 2.35. The van der Waals surface area contributed by atoms with Gasteiger partial charge in [0.2, 0.25) is 0 Å². The molecule has 25 heavy (non-hydrogen) atoms. The van der Waals surface area contributed by atoms with Crippen LogP contribution in [0.25, 0.3) is 0 Å². The van der Waals surface area contributed by atoms with E-state index in [1.165, 1.54) is 22.6 Å². The lowest BCUT2D eigenvalue weighted by atomic mass is 9.99. The van der Waals surface area contributed by atoms with Crippen molar-refractivity contribution in [2.75, 3.05) is 11.9 Å². The first-order chi connectivity index (χ1) is 11.9. The van der Waals surface area contributed by atoms with Gasteiger partial charge in [-0.05, 0) is 31.5 Å². The molecule has 0 saturated heterocycles. The van der Waals surface area contributed by atoms with E-state index in [2.05, 4.69) is 24.5 Å². The van der Waals surface area contributed by atoms with Gasteiger partial charge in [-0.3, -0.25) is 4.79 Å². The monoisotopic (exact) mass is 360 g/mol. The van der Waals surface area contributed by atoms with Gasteiger partial charge in [0.25, 0.3) is 5.91 Å². The summed E-state index contributed by atoms with van der Waals surface area (Å²) in [5.74, 6) is -0.151. The molecule has 0 aliphatic carbocycles. The van der Waals surface area contributed by atoms with Crippen molar-refractivity contribution in [3.05, 3.63) is 39.8 Å². The second-order valence-electron chi connectivity index (χ2n) is 6.99. The number of anilines is 1. The van der Waals surface area contributed by atoms with Gasteiger partial charge in [-0.2, -0.15) is 0 Å². The van der Waals surface area contributed by atoms with Gasteiger partial charge in [0.15, 0.2) is 0 Å². The van der Waals surface area contributed by atoms with Crippen LogP contribution in [0.2, 0.25) is 0 Å². The molecular weight excluding hydrogens is 338 g/mol. The number of hydrogen-bond donors (Lipinski definition) is 5. The number of hydrogen-bond acceptors (Lipinski definition) is 5. The normalized spacial score (nSPS) is 22.1. The first-order valence-corrected chi connectivity index (χ1v) is 9.34. The second-order valence-corrected chi connectivity index (χ2v) is 8.10. The summed E-state index contributed by atoms with van der Waals surface area (Å²) in [6.07, 6.45) is 0.410. The van der Waals surface area contributed by atoms with E-state index >= 15 is 0 Å². The minimum absolute atomic E-state index is 0.00702. The highest BCUT2D eigenvalue weighted by atomic mass is 32.1. The molecule has 6 nitrogen and oxygen atoms in total. The molecule has 2 aromatic rings. The molecule has 2 atom stereocenters. The van der Waals surface area contributed by atoms with Crippen LogP contribution in [0.3, 0.4) is 0 Å². The quantitative estimate of drug-likeness (QED) is 0.560. The highest BCUT2D eigenvalue weighted by Crippen LogP contribution is 2.40. The Hall–Kier alpha value is -2.25. The third-order valence-corrected chi connectivity index (χ3v) is 6.26. The second kappa shape index (κ2) is 5.93. The van der Waals surface area contributed by atoms with E-state index in [4.69, 9.17) is 0 Å². The third-order valence-electron chi connectivity index (χ3n) is 5.09. The zero-order chi connectivity index (χ0) is 17.7. The number of aromatic hydroxyl groups is 2. The minimum Gasteiger partial charge on any atom is -0.508 e. The van der Waals surface area contributed by atoms with Crippen LogP contribution in [0.1, 0.15) is 46.4 Å². The lowest BCUT2D eigenvalue weighted by Gasteiger charge is -2.28. The Bertz CT molecular complexity index is 846. The maximum atomic E-state index is 12.7. The van der Waals surface area contributed by atoms with Crippen molar-refractivity contribution in [1.82, 2.24) is 5.32 Å². The summed E-state index contributed by atoms with van der Waals surface area (Å²) in [5, 5.41) is 26.7. The van der Waals surface area contributed by atoms with Gasteiger partial charge in [-0.25, -0.2) is 0 Å². The molecule has 0 saturated carbocycles. The van der Waals surface area contributed by atoms with Crippen molar-refractivity contribution < 1.29 is 19.9 Å². The highest BCUT2D eigenvalue weighted by molar-refractivity contribution is 7.16. The fourth-order valence-corrected chi connectivity index (χ4v) is 4.96. The molecule has 0 fully saturated rings. The number of carbonyl (C=O) groups excluding carboxylic acids is 1. The summed E-state index contributed by atoms with van der Waals surface area (Å²) in [6, 6.07) is 4.96. The number of amides is 1. The molecule has 2 aliphatic rings. The van der Waals surface area contributed by atoms with Crippen molar-refractivity contribution in [3.8, 4) is 11.5 Å². The summed E-state index contributed by atoms with van der Waals surface area (Å²) in [6.45, 7) is 6.45. The number of fused-ring (bicyclic) bond motifs is 3. The molecule has 3 heterocycles. The summed E-state index contributed by atoms with van der Waals surface area (Å²) in [4.78, 5) is 15.5. The molecule has 1 aromatic heterocycles. The largest absolute Gasteiger partial charge is 0.508 e. The third kappa shape index (κ3) is 2.73. The van der Waals surface area contributed by atoms with E-state index < -0.39 is 6.17 Å². The lowest BCUT2D eigenvalue weighted by molar-refractivity contribution is -0.936. The van der Waals surface area contributed by atoms with Gasteiger partial charge < -0.3 is 25.7 Å². The zero-order valence-electron chi connectivity index (χ0n) is 14.2. The summed E-state index contributed by atoms with van der Waals surface area (Å²) in [7, 11) is 0. The molecule has 1 amide bonds. The molecule has 1 aromatic carbocycles. The number of phenols is 2. The fourth-order valence-electron chi connectivity index (χ4n) is 3.64. The van der Waals surface area contributed by atoms with Crippen LogP contribution in [0.4, 0.5) is 5.00 Å². The predicted molar refractivity (Wildman–Crippen MR) is 96.3 cm³/mol. The molecular formula is C18H22N3O3S+. The maximum absolute atomic E-state index is 12.7.